The van der Waals surface area contributed by atoms with Gasteiger partial charge in [-0.2, -0.15) is 25.5 Å². The molecular weight excluding hydrogens is 376 g/mol. The van der Waals surface area contributed by atoms with Crippen molar-refractivity contribution in [1.82, 2.24) is 14.9 Å². The second-order valence-electron chi connectivity index (χ2n) is 7.13. The molecule has 0 radical (unpaired) electrons. The highest BCUT2D eigenvalue weighted by Crippen LogP contribution is 2.29. The van der Waals surface area contributed by atoms with Gasteiger partial charge in [0.05, 0.1) is 29.0 Å². The molecule has 30 heavy (non-hydrogen) atoms. The van der Waals surface area contributed by atoms with E-state index >= 15 is 0 Å². The third kappa shape index (κ3) is 3.57. The van der Waals surface area contributed by atoms with Gasteiger partial charge in [0, 0.05) is 27.7 Å². The minimum absolute atomic E-state index is 0.125. The van der Waals surface area contributed by atoms with Crippen molar-refractivity contribution < 1.29 is 5.11 Å². The Kier molecular flexibility index (Phi) is 5.10. The molecule has 7 heteroatoms. The molecule has 1 N–H and O–H groups in total. The number of phenols is 1. The van der Waals surface area contributed by atoms with Crippen LogP contribution in [0, 0.1) is 27.7 Å². The average Bonchev–Trinajstić information content (AvgIpc) is 3.01. The number of aromatic nitrogens is 3. The lowest BCUT2D eigenvalue weighted by molar-refractivity contribution is 0.474. The number of hydrogen-bond donors (Lipinski definition) is 1. The van der Waals surface area contributed by atoms with Crippen LogP contribution in [0.5, 0.6) is 5.75 Å². The number of hydrogen-bond acceptors (Lipinski definition) is 6. The molecule has 0 aliphatic rings. The van der Waals surface area contributed by atoms with E-state index in [0.717, 1.165) is 39.2 Å². The standard InChI is InChI=1S/C23H22N6O/c1-14-22-16(3)29(17(4)23(22)15(2)26-25-14)24-13-18-12-20(10-11-21(18)30)28-27-19-8-6-5-7-9-19/h5-13,30H,1-4H3/b24-13+,28-27?. The largest absolute Gasteiger partial charge is 0.507 e. The minimum atomic E-state index is 0.125. The van der Waals surface area contributed by atoms with Gasteiger partial charge in [-0.3, -0.25) is 0 Å². The molecule has 0 bridgehead atoms. The Labute approximate surface area is 174 Å². The maximum atomic E-state index is 10.3. The molecule has 2 aromatic carbocycles. The van der Waals surface area contributed by atoms with E-state index in [9.17, 15) is 5.11 Å². The van der Waals surface area contributed by atoms with Crippen molar-refractivity contribution in [2.45, 2.75) is 27.7 Å². The normalized spacial score (nSPS) is 11.9. The molecule has 0 aliphatic carbocycles. The van der Waals surface area contributed by atoms with Crippen LogP contribution in [0.2, 0.25) is 0 Å². The highest BCUT2D eigenvalue weighted by molar-refractivity contribution is 5.92. The smallest absolute Gasteiger partial charge is 0.124 e. The van der Waals surface area contributed by atoms with Gasteiger partial charge in [0.2, 0.25) is 0 Å². The van der Waals surface area contributed by atoms with Gasteiger partial charge in [0.25, 0.3) is 0 Å². The summed E-state index contributed by atoms with van der Waals surface area (Å²) >= 11 is 0. The number of phenolic OH excluding ortho intramolecular Hbond substituents is 1. The van der Waals surface area contributed by atoms with E-state index in [2.05, 4.69) is 25.5 Å². The fourth-order valence-electron chi connectivity index (χ4n) is 3.57. The molecule has 0 atom stereocenters. The predicted molar refractivity (Wildman–Crippen MR) is 118 cm³/mol. The fraction of sp³-hybridized carbons (Fsp3) is 0.174. The van der Waals surface area contributed by atoms with Crippen LogP contribution >= 0.6 is 0 Å². The molecule has 0 saturated carbocycles. The van der Waals surface area contributed by atoms with Crippen molar-refractivity contribution >= 4 is 28.4 Å². The van der Waals surface area contributed by atoms with Gasteiger partial charge in [-0.25, -0.2) is 4.68 Å². The summed E-state index contributed by atoms with van der Waals surface area (Å²) in [7, 11) is 0. The van der Waals surface area contributed by atoms with E-state index in [1.165, 1.54) is 0 Å². The van der Waals surface area contributed by atoms with Gasteiger partial charge in [0.1, 0.15) is 5.75 Å². The lowest BCUT2D eigenvalue weighted by Crippen LogP contribution is -1.96. The number of fused-ring (bicyclic) bond motifs is 1. The number of aryl methyl sites for hydroxylation is 4. The molecule has 0 spiro atoms. The molecule has 0 saturated heterocycles. The predicted octanol–water partition coefficient (Wildman–Crippen LogP) is 5.67. The molecule has 0 unspecified atom stereocenters. The summed E-state index contributed by atoms with van der Waals surface area (Å²) < 4.78 is 1.85. The highest BCUT2D eigenvalue weighted by atomic mass is 16.3. The maximum Gasteiger partial charge on any atom is 0.124 e. The summed E-state index contributed by atoms with van der Waals surface area (Å²) in [6.45, 7) is 7.90. The molecule has 2 aromatic heterocycles. The van der Waals surface area contributed by atoms with Gasteiger partial charge >= 0.3 is 0 Å². The topological polar surface area (TPSA) is 88.0 Å². The van der Waals surface area contributed by atoms with E-state index in [1.807, 2.05) is 62.7 Å². The Balaban J connectivity index is 1.70. The first-order valence-corrected chi connectivity index (χ1v) is 9.61. The summed E-state index contributed by atoms with van der Waals surface area (Å²) in [4.78, 5) is 0. The van der Waals surface area contributed by atoms with E-state index in [0.29, 0.717) is 11.3 Å². The van der Waals surface area contributed by atoms with Crippen LogP contribution in [0.4, 0.5) is 11.4 Å². The van der Waals surface area contributed by atoms with Crippen molar-refractivity contribution in [3.63, 3.8) is 0 Å². The average molecular weight is 398 g/mol. The van der Waals surface area contributed by atoms with Gasteiger partial charge in [-0.1, -0.05) is 18.2 Å². The summed E-state index contributed by atoms with van der Waals surface area (Å²) in [6.07, 6.45) is 1.63. The summed E-state index contributed by atoms with van der Waals surface area (Å²) in [5.74, 6) is 0.125. The highest BCUT2D eigenvalue weighted by Gasteiger charge is 2.16. The number of benzene rings is 2. The van der Waals surface area contributed by atoms with Crippen molar-refractivity contribution in [1.29, 1.82) is 0 Å². The third-order valence-corrected chi connectivity index (χ3v) is 5.04. The van der Waals surface area contributed by atoms with Crippen LogP contribution in [0.3, 0.4) is 0 Å². The van der Waals surface area contributed by atoms with Gasteiger partial charge in [-0.05, 0) is 58.0 Å². The van der Waals surface area contributed by atoms with Gasteiger partial charge in [-0.15, -0.1) is 0 Å². The Bertz CT molecular complexity index is 1240. The van der Waals surface area contributed by atoms with Gasteiger partial charge < -0.3 is 5.11 Å². The molecule has 4 rings (SSSR count). The lowest BCUT2D eigenvalue weighted by Gasteiger charge is -2.03. The number of azo groups is 1. The Morgan fingerprint density at radius 2 is 1.40 bits per heavy atom. The Morgan fingerprint density at radius 3 is 2.03 bits per heavy atom. The zero-order valence-corrected chi connectivity index (χ0v) is 17.3. The monoisotopic (exact) mass is 398 g/mol. The van der Waals surface area contributed by atoms with E-state index < -0.39 is 0 Å². The van der Waals surface area contributed by atoms with Crippen LogP contribution in [-0.2, 0) is 0 Å². The second kappa shape index (κ2) is 7.87. The van der Waals surface area contributed by atoms with Crippen LogP contribution < -0.4 is 0 Å². The molecule has 0 amide bonds. The zero-order valence-electron chi connectivity index (χ0n) is 17.3. The first-order chi connectivity index (χ1) is 14.5. The summed E-state index contributed by atoms with van der Waals surface area (Å²) in [5, 5.41) is 34.0. The SMILES string of the molecule is Cc1nnc(C)c2c(C)n(/N=C/c3cc(N=Nc4ccccc4)ccc3O)c(C)c12. The zero-order chi connectivity index (χ0) is 21.3. The van der Waals surface area contributed by atoms with Crippen LogP contribution in [0.25, 0.3) is 10.8 Å². The first-order valence-electron chi connectivity index (χ1n) is 9.61. The molecule has 4 aromatic rings. The van der Waals surface area contributed by atoms with Crippen LogP contribution in [0.1, 0.15) is 28.3 Å². The fourth-order valence-corrected chi connectivity index (χ4v) is 3.57. The molecular formula is C23H22N6O. The van der Waals surface area contributed by atoms with Crippen molar-refractivity contribution in [2.75, 3.05) is 0 Å². The Morgan fingerprint density at radius 1 is 0.800 bits per heavy atom. The first kappa shape index (κ1) is 19.4. The van der Waals surface area contributed by atoms with E-state index in [4.69, 9.17) is 0 Å². The van der Waals surface area contributed by atoms with Crippen molar-refractivity contribution in [3.05, 3.63) is 76.9 Å². The molecule has 2 heterocycles. The minimum Gasteiger partial charge on any atom is -0.507 e. The lowest BCUT2D eigenvalue weighted by atomic mass is 10.1. The van der Waals surface area contributed by atoms with Crippen molar-refractivity contribution in [2.24, 2.45) is 15.3 Å². The molecule has 0 fully saturated rings. The second-order valence-corrected chi connectivity index (χ2v) is 7.13. The number of aromatic hydroxyl groups is 1. The summed E-state index contributed by atoms with van der Waals surface area (Å²) in [5.41, 5.74) is 5.65. The summed E-state index contributed by atoms with van der Waals surface area (Å²) in [6, 6.07) is 14.5. The molecule has 150 valence electrons. The van der Waals surface area contributed by atoms with Crippen LogP contribution in [-0.4, -0.2) is 26.2 Å². The molecule has 7 nitrogen and oxygen atoms in total. The molecule has 0 aliphatic heterocycles. The van der Waals surface area contributed by atoms with E-state index in [-0.39, 0.29) is 5.75 Å². The quantitative estimate of drug-likeness (QED) is 0.355. The Hall–Kier alpha value is -3.87. The third-order valence-electron chi connectivity index (χ3n) is 5.04. The van der Waals surface area contributed by atoms with Crippen molar-refractivity contribution in [3.8, 4) is 5.75 Å². The van der Waals surface area contributed by atoms with Gasteiger partial charge in [0.15, 0.2) is 0 Å². The maximum absolute atomic E-state index is 10.3. The number of nitrogens with zero attached hydrogens (tertiary/aromatic N) is 6. The van der Waals surface area contributed by atoms with E-state index in [1.54, 1.807) is 24.4 Å². The number of rotatable bonds is 4. The van der Waals surface area contributed by atoms with Crippen LogP contribution in [0.15, 0.2) is 63.9 Å².